The van der Waals surface area contributed by atoms with Crippen molar-refractivity contribution in [2.45, 2.75) is 13.3 Å². The Balaban J connectivity index is 2.69. The molecule has 0 aliphatic heterocycles. The Labute approximate surface area is 98.4 Å². The maximum Gasteiger partial charge on any atom is 0.317 e. The number of carbonyl (C=O) groups excluding carboxylic acids is 1. The first-order valence-corrected chi connectivity index (χ1v) is 5.11. The largest absolute Gasteiger partial charge is 0.465 e. The van der Waals surface area contributed by atoms with Crippen molar-refractivity contribution < 1.29 is 13.9 Å². The van der Waals surface area contributed by atoms with Gasteiger partial charge in [0.1, 0.15) is 12.2 Å². The fourth-order valence-corrected chi connectivity index (χ4v) is 1.19. The van der Waals surface area contributed by atoms with E-state index in [9.17, 15) is 9.18 Å². The second-order valence-corrected chi connectivity index (χ2v) is 3.34. The van der Waals surface area contributed by atoms with Crippen LogP contribution >= 0.6 is 11.6 Å². The van der Waals surface area contributed by atoms with Crippen molar-refractivity contribution in [3.8, 4) is 11.8 Å². The van der Waals surface area contributed by atoms with Gasteiger partial charge in [0, 0.05) is 5.02 Å². The van der Waals surface area contributed by atoms with Crippen molar-refractivity contribution in [1.82, 2.24) is 0 Å². The minimum Gasteiger partial charge on any atom is -0.465 e. The molecule has 16 heavy (non-hydrogen) atoms. The van der Waals surface area contributed by atoms with Crippen molar-refractivity contribution in [2.75, 3.05) is 6.61 Å². The molecule has 0 unspecified atom stereocenters. The van der Waals surface area contributed by atoms with Gasteiger partial charge in [-0.3, -0.25) is 4.79 Å². The van der Waals surface area contributed by atoms with Gasteiger partial charge in [-0.25, -0.2) is 4.39 Å². The molecule has 84 valence electrons. The molecule has 0 amide bonds. The molecule has 0 aliphatic carbocycles. The average molecular weight is 241 g/mol. The standard InChI is InChI=1S/C12H10ClFO2/c1-2-16-12(15)5-3-4-9-8-10(13)6-7-11(9)14/h6-8H,2,5H2,1H3. The van der Waals surface area contributed by atoms with Crippen LogP contribution in [0.4, 0.5) is 4.39 Å². The van der Waals surface area contributed by atoms with Crippen LogP contribution in [-0.4, -0.2) is 12.6 Å². The van der Waals surface area contributed by atoms with Gasteiger partial charge in [0.05, 0.1) is 12.2 Å². The van der Waals surface area contributed by atoms with E-state index in [-0.39, 0.29) is 12.0 Å². The lowest BCUT2D eigenvalue weighted by atomic mass is 10.2. The average Bonchev–Trinajstić information content (AvgIpc) is 2.23. The normalized spacial score (nSPS) is 9.19. The van der Waals surface area contributed by atoms with Gasteiger partial charge in [-0.1, -0.05) is 23.4 Å². The first-order valence-electron chi connectivity index (χ1n) is 4.73. The monoisotopic (exact) mass is 240 g/mol. The summed E-state index contributed by atoms with van der Waals surface area (Å²) in [6, 6.07) is 4.08. The van der Waals surface area contributed by atoms with E-state index >= 15 is 0 Å². The van der Waals surface area contributed by atoms with Crippen LogP contribution in [0.2, 0.25) is 5.02 Å². The zero-order valence-corrected chi connectivity index (χ0v) is 9.47. The molecule has 0 atom stereocenters. The summed E-state index contributed by atoms with van der Waals surface area (Å²) in [4.78, 5) is 10.9. The number of ether oxygens (including phenoxy) is 1. The van der Waals surface area contributed by atoms with E-state index in [1.807, 2.05) is 0 Å². The van der Waals surface area contributed by atoms with Crippen LogP contribution < -0.4 is 0 Å². The third-order valence-electron chi connectivity index (χ3n) is 1.69. The van der Waals surface area contributed by atoms with E-state index in [4.69, 9.17) is 11.6 Å². The predicted octanol–water partition coefficient (Wildman–Crippen LogP) is 2.78. The molecule has 2 nitrogen and oxygen atoms in total. The summed E-state index contributed by atoms with van der Waals surface area (Å²) in [6.45, 7) is 2.02. The number of halogens is 2. The van der Waals surface area contributed by atoms with Gasteiger partial charge >= 0.3 is 5.97 Å². The van der Waals surface area contributed by atoms with Crippen LogP contribution in [0, 0.1) is 17.7 Å². The van der Waals surface area contributed by atoms with Crippen molar-refractivity contribution in [1.29, 1.82) is 0 Å². The van der Waals surface area contributed by atoms with Crippen molar-refractivity contribution in [3.05, 3.63) is 34.6 Å². The summed E-state index contributed by atoms with van der Waals surface area (Å²) in [5.41, 5.74) is 0.178. The molecule has 0 saturated carbocycles. The van der Waals surface area contributed by atoms with Gasteiger partial charge in [-0.05, 0) is 25.1 Å². The molecule has 4 heteroatoms. The number of esters is 1. The molecule has 0 heterocycles. The molecule has 0 aromatic heterocycles. The highest BCUT2D eigenvalue weighted by molar-refractivity contribution is 6.30. The SMILES string of the molecule is CCOC(=O)CC#Cc1cc(Cl)ccc1F. The Kier molecular flexibility index (Phi) is 4.81. The summed E-state index contributed by atoms with van der Waals surface area (Å²) in [5, 5.41) is 0.404. The third-order valence-corrected chi connectivity index (χ3v) is 1.92. The Morgan fingerprint density at radius 1 is 1.56 bits per heavy atom. The first-order chi connectivity index (χ1) is 7.63. The Morgan fingerprint density at radius 3 is 3.00 bits per heavy atom. The fourth-order valence-electron chi connectivity index (χ4n) is 1.02. The van der Waals surface area contributed by atoms with Gasteiger partial charge in [0.25, 0.3) is 0 Å². The molecule has 1 aromatic carbocycles. The van der Waals surface area contributed by atoms with Crippen LogP contribution in [-0.2, 0) is 9.53 Å². The van der Waals surface area contributed by atoms with E-state index in [1.54, 1.807) is 6.92 Å². The first kappa shape index (κ1) is 12.5. The number of carbonyl (C=O) groups is 1. The number of hydrogen-bond acceptors (Lipinski definition) is 2. The number of hydrogen-bond donors (Lipinski definition) is 0. The van der Waals surface area contributed by atoms with E-state index in [1.165, 1.54) is 18.2 Å². The Bertz CT molecular complexity index is 446. The van der Waals surface area contributed by atoms with Gasteiger partial charge in [-0.15, -0.1) is 0 Å². The molecule has 1 rings (SSSR count). The Hall–Kier alpha value is -1.53. The van der Waals surface area contributed by atoms with Gasteiger partial charge in [-0.2, -0.15) is 0 Å². The van der Waals surface area contributed by atoms with Crippen LogP contribution in [0.5, 0.6) is 0 Å². The fraction of sp³-hybridized carbons (Fsp3) is 0.250. The molecule has 0 fully saturated rings. The second-order valence-electron chi connectivity index (χ2n) is 2.91. The van der Waals surface area contributed by atoms with Crippen molar-refractivity contribution in [3.63, 3.8) is 0 Å². The maximum absolute atomic E-state index is 13.2. The molecule has 0 bridgehead atoms. The lowest BCUT2D eigenvalue weighted by Crippen LogP contribution is -2.01. The molecule has 0 radical (unpaired) electrons. The van der Waals surface area contributed by atoms with Crippen LogP contribution in [0.25, 0.3) is 0 Å². The molecule has 1 aromatic rings. The van der Waals surface area contributed by atoms with Crippen LogP contribution in [0.1, 0.15) is 18.9 Å². The summed E-state index contributed by atoms with van der Waals surface area (Å²) in [5.74, 6) is 4.19. The number of rotatable bonds is 2. The summed E-state index contributed by atoms with van der Waals surface area (Å²) < 4.78 is 17.8. The van der Waals surface area contributed by atoms with E-state index in [2.05, 4.69) is 16.6 Å². The molecular weight excluding hydrogens is 231 g/mol. The van der Waals surface area contributed by atoms with Crippen molar-refractivity contribution >= 4 is 17.6 Å². The van der Waals surface area contributed by atoms with E-state index < -0.39 is 11.8 Å². The topological polar surface area (TPSA) is 26.3 Å². The highest BCUT2D eigenvalue weighted by Gasteiger charge is 2.00. The molecule has 0 saturated heterocycles. The highest BCUT2D eigenvalue weighted by Crippen LogP contribution is 2.13. The van der Waals surface area contributed by atoms with Crippen LogP contribution in [0.15, 0.2) is 18.2 Å². The maximum atomic E-state index is 13.2. The minimum absolute atomic E-state index is 0.0558. The predicted molar refractivity (Wildman–Crippen MR) is 59.5 cm³/mol. The minimum atomic E-state index is -0.458. The summed E-state index contributed by atoms with van der Waals surface area (Å²) >= 11 is 5.68. The van der Waals surface area contributed by atoms with Gasteiger partial charge in [0.2, 0.25) is 0 Å². The zero-order valence-electron chi connectivity index (χ0n) is 8.72. The summed E-state index contributed by atoms with van der Waals surface area (Å²) in [7, 11) is 0. The third kappa shape index (κ3) is 3.92. The number of benzene rings is 1. The zero-order chi connectivity index (χ0) is 12.0. The van der Waals surface area contributed by atoms with Gasteiger partial charge < -0.3 is 4.74 Å². The summed E-state index contributed by atoms with van der Waals surface area (Å²) in [6.07, 6.45) is -0.0558. The molecule has 0 spiro atoms. The smallest absolute Gasteiger partial charge is 0.317 e. The van der Waals surface area contributed by atoms with Crippen LogP contribution in [0.3, 0.4) is 0 Å². The van der Waals surface area contributed by atoms with E-state index in [0.717, 1.165) is 0 Å². The quantitative estimate of drug-likeness (QED) is 0.587. The molecular formula is C12H10ClFO2. The second kappa shape index (κ2) is 6.14. The van der Waals surface area contributed by atoms with E-state index in [0.29, 0.717) is 11.6 Å². The molecule has 0 N–H and O–H groups in total. The lowest BCUT2D eigenvalue weighted by Gasteiger charge is -1.96. The highest BCUT2D eigenvalue weighted by atomic mass is 35.5. The van der Waals surface area contributed by atoms with Gasteiger partial charge in [0.15, 0.2) is 0 Å². The molecule has 0 aliphatic rings. The Morgan fingerprint density at radius 2 is 2.31 bits per heavy atom. The lowest BCUT2D eigenvalue weighted by molar-refractivity contribution is -0.141. The van der Waals surface area contributed by atoms with Crippen molar-refractivity contribution in [2.24, 2.45) is 0 Å².